The number of hydrogen-bond acceptors (Lipinski definition) is 6. The zero-order valence-electron chi connectivity index (χ0n) is 19.4. The standard InChI is InChI=1S/C28H23N3O4/c1-3-28(34)21-12-23-25-19(14-31(23)26(32)20(21)15-35-27(28)33)11-17-8-6-9-18(24(17)30-25)13-29-22-10-5-4-7-16(22)2/h4-13,34H,3,14-15H2,1-2H3/t28-/m0/s1. The number of nitrogens with zero attached hydrogens (tertiary/aromatic N) is 3. The summed E-state index contributed by atoms with van der Waals surface area (Å²) in [6.45, 7) is 3.95. The Morgan fingerprint density at radius 1 is 1.17 bits per heavy atom. The molecule has 4 heterocycles. The number of aryl methyl sites for hydroxylation is 1. The summed E-state index contributed by atoms with van der Waals surface area (Å²) in [5, 5.41) is 12.0. The van der Waals surface area contributed by atoms with Gasteiger partial charge in [0.05, 0.1) is 34.7 Å². The van der Waals surface area contributed by atoms with Crippen LogP contribution in [0, 0.1) is 6.92 Å². The number of benzene rings is 2. The highest BCUT2D eigenvalue weighted by atomic mass is 16.6. The molecule has 6 rings (SSSR count). The number of pyridine rings is 2. The second-order valence-electron chi connectivity index (χ2n) is 9.06. The fourth-order valence-corrected chi connectivity index (χ4v) is 4.98. The highest BCUT2D eigenvalue weighted by Gasteiger charge is 2.45. The van der Waals surface area contributed by atoms with Crippen molar-refractivity contribution in [2.45, 2.75) is 39.0 Å². The second-order valence-corrected chi connectivity index (χ2v) is 9.06. The maximum atomic E-state index is 13.3. The van der Waals surface area contributed by atoms with Gasteiger partial charge in [-0.3, -0.25) is 9.79 Å². The Bertz CT molecular complexity index is 1640. The number of aromatic nitrogens is 2. The molecule has 1 atom stereocenters. The van der Waals surface area contributed by atoms with E-state index >= 15 is 0 Å². The lowest BCUT2D eigenvalue weighted by molar-refractivity contribution is -0.172. The molecule has 2 aromatic carbocycles. The third-order valence-corrected chi connectivity index (χ3v) is 7.03. The van der Waals surface area contributed by atoms with E-state index in [2.05, 4.69) is 4.99 Å². The van der Waals surface area contributed by atoms with E-state index in [-0.39, 0.29) is 18.6 Å². The summed E-state index contributed by atoms with van der Waals surface area (Å²) in [5.41, 5.74) is 4.32. The van der Waals surface area contributed by atoms with E-state index in [9.17, 15) is 14.7 Å². The molecule has 0 amide bonds. The van der Waals surface area contributed by atoms with Gasteiger partial charge in [0.15, 0.2) is 5.60 Å². The zero-order valence-corrected chi connectivity index (χ0v) is 19.4. The SMILES string of the molecule is CC[C@@]1(O)C(=O)OCc2c1cc1n(c2=O)Cc2cc3cccc(C=Nc4ccccc4C)c3nc2-1. The number of aliphatic hydroxyl groups is 1. The maximum Gasteiger partial charge on any atom is 0.343 e. The van der Waals surface area contributed by atoms with E-state index in [1.54, 1.807) is 17.6 Å². The largest absolute Gasteiger partial charge is 0.458 e. The predicted molar refractivity (Wildman–Crippen MR) is 133 cm³/mol. The van der Waals surface area contributed by atoms with Gasteiger partial charge >= 0.3 is 5.97 Å². The molecule has 2 aromatic heterocycles. The third-order valence-electron chi connectivity index (χ3n) is 7.03. The minimum absolute atomic E-state index is 0.110. The molecule has 0 aliphatic carbocycles. The van der Waals surface area contributed by atoms with Crippen molar-refractivity contribution < 1.29 is 14.6 Å². The average Bonchev–Trinajstić information content (AvgIpc) is 3.23. The summed E-state index contributed by atoms with van der Waals surface area (Å²) in [5.74, 6) is -0.726. The first kappa shape index (κ1) is 21.4. The van der Waals surface area contributed by atoms with Crippen molar-refractivity contribution in [3.8, 4) is 11.4 Å². The van der Waals surface area contributed by atoms with Gasteiger partial charge in [-0.05, 0) is 37.1 Å². The van der Waals surface area contributed by atoms with Crippen molar-refractivity contribution in [2.75, 3.05) is 0 Å². The monoisotopic (exact) mass is 465 g/mol. The topological polar surface area (TPSA) is 93.8 Å². The van der Waals surface area contributed by atoms with Gasteiger partial charge in [-0.25, -0.2) is 9.78 Å². The number of hydrogen-bond donors (Lipinski definition) is 1. The van der Waals surface area contributed by atoms with E-state index in [1.807, 2.05) is 61.7 Å². The molecular weight excluding hydrogens is 442 g/mol. The summed E-state index contributed by atoms with van der Waals surface area (Å²) >= 11 is 0. The van der Waals surface area contributed by atoms with Crippen LogP contribution in [0.2, 0.25) is 0 Å². The molecule has 0 bridgehead atoms. The molecule has 7 heteroatoms. The van der Waals surface area contributed by atoms with E-state index < -0.39 is 11.6 Å². The van der Waals surface area contributed by atoms with Crippen molar-refractivity contribution in [1.29, 1.82) is 0 Å². The maximum absolute atomic E-state index is 13.3. The first-order chi connectivity index (χ1) is 16.9. The molecule has 0 saturated heterocycles. The van der Waals surface area contributed by atoms with Crippen molar-refractivity contribution >= 4 is 28.8 Å². The highest BCUT2D eigenvalue weighted by molar-refractivity contribution is 5.99. The summed E-state index contributed by atoms with van der Waals surface area (Å²) in [6, 6.07) is 17.6. The third kappa shape index (κ3) is 3.15. The van der Waals surface area contributed by atoms with Gasteiger partial charge in [0.25, 0.3) is 5.56 Å². The van der Waals surface area contributed by atoms with Crippen LogP contribution in [-0.2, 0) is 28.3 Å². The minimum Gasteiger partial charge on any atom is -0.458 e. The molecule has 0 unspecified atom stereocenters. The number of carbonyl (C=O) groups is 1. The molecule has 174 valence electrons. The Hall–Kier alpha value is -4.10. The summed E-state index contributed by atoms with van der Waals surface area (Å²) in [4.78, 5) is 35.4. The van der Waals surface area contributed by atoms with Crippen LogP contribution in [-0.4, -0.2) is 26.8 Å². The molecule has 4 aromatic rings. The molecule has 0 fully saturated rings. The first-order valence-corrected chi connectivity index (χ1v) is 11.6. The lowest BCUT2D eigenvalue weighted by Crippen LogP contribution is -2.44. The van der Waals surface area contributed by atoms with Gasteiger partial charge in [-0.15, -0.1) is 0 Å². The number of carbonyl (C=O) groups excluding carboxylic acids is 1. The van der Waals surface area contributed by atoms with Crippen LogP contribution in [0.25, 0.3) is 22.3 Å². The predicted octanol–water partition coefficient (Wildman–Crippen LogP) is 4.14. The molecule has 0 radical (unpaired) electrons. The van der Waals surface area contributed by atoms with Gasteiger partial charge in [-0.1, -0.05) is 43.3 Å². The van der Waals surface area contributed by atoms with Crippen LogP contribution in [0.5, 0.6) is 0 Å². The van der Waals surface area contributed by atoms with E-state index in [0.29, 0.717) is 29.1 Å². The van der Waals surface area contributed by atoms with Crippen molar-refractivity contribution in [3.63, 3.8) is 0 Å². The van der Waals surface area contributed by atoms with E-state index in [0.717, 1.165) is 33.3 Å². The number of para-hydroxylation sites is 2. The fourth-order valence-electron chi connectivity index (χ4n) is 4.98. The summed E-state index contributed by atoms with van der Waals surface area (Å²) < 4.78 is 6.79. The molecule has 0 spiro atoms. The highest BCUT2D eigenvalue weighted by Crippen LogP contribution is 2.38. The van der Waals surface area contributed by atoms with E-state index in [1.165, 1.54) is 0 Å². The van der Waals surface area contributed by atoms with Crippen molar-refractivity contribution in [3.05, 3.63) is 92.8 Å². The van der Waals surface area contributed by atoms with Gasteiger partial charge in [0.2, 0.25) is 0 Å². The Labute approximate surface area is 201 Å². The molecule has 2 aliphatic rings. The first-order valence-electron chi connectivity index (χ1n) is 11.6. The second kappa shape index (κ2) is 7.71. The molecule has 1 N–H and O–H groups in total. The lowest BCUT2D eigenvalue weighted by atomic mass is 9.86. The average molecular weight is 466 g/mol. The lowest BCUT2D eigenvalue weighted by Gasteiger charge is -2.31. The van der Waals surface area contributed by atoms with Gasteiger partial charge in [0.1, 0.15) is 6.61 Å². The Morgan fingerprint density at radius 3 is 2.80 bits per heavy atom. The molecular formula is C28H23N3O4. The number of aliphatic imine (C=N–C) groups is 1. The van der Waals surface area contributed by atoms with Crippen LogP contribution in [0.15, 0.2) is 64.4 Å². The Morgan fingerprint density at radius 2 is 2.00 bits per heavy atom. The van der Waals surface area contributed by atoms with Crippen LogP contribution in [0.3, 0.4) is 0 Å². The smallest absolute Gasteiger partial charge is 0.343 e. The fraction of sp³-hybridized carbons (Fsp3) is 0.214. The molecule has 0 saturated carbocycles. The van der Waals surface area contributed by atoms with Crippen LogP contribution in [0.4, 0.5) is 5.69 Å². The summed E-state index contributed by atoms with van der Waals surface area (Å²) in [6.07, 6.45) is 1.92. The van der Waals surface area contributed by atoms with Crippen LogP contribution >= 0.6 is 0 Å². The molecule has 35 heavy (non-hydrogen) atoms. The zero-order chi connectivity index (χ0) is 24.3. The Kier molecular flexibility index (Phi) is 4.72. The summed E-state index contributed by atoms with van der Waals surface area (Å²) in [7, 11) is 0. The number of ether oxygens (including phenoxy) is 1. The van der Waals surface area contributed by atoms with Gasteiger partial charge in [0, 0.05) is 28.3 Å². The van der Waals surface area contributed by atoms with Crippen molar-refractivity contribution in [2.24, 2.45) is 4.99 Å². The molecule has 2 aliphatic heterocycles. The number of esters is 1. The van der Waals surface area contributed by atoms with Crippen LogP contribution < -0.4 is 5.56 Å². The minimum atomic E-state index is -1.84. The number of fused-ring (bicyclic) bond motifs is 5. The number of cyclic esters (lactones) is 1. The van der Waals surface area contributed by atoms with Gasteiger partial charge < -0.3 is 14.4 Å². The van der Waals surface area contributed by atoms with Gasteiger partial charge in [-0.2, -0.15) is 0 Å². The Balaban J connectivity index is 1.53. The van der Waals surface area contributed by atoms with Crippen molar-refractivity contribution in [1.82, 2.24) is 9.55 Å². The van der Waals surface area contributed by atoms with Crippen LogP contribution in [0.1, 0.15) is 41.2 Å². The van der Waals surface area contributed by atoms with E-state index in [4.69, 9.17) is 9.72 Å². The number of rotatable bonds is 3. The normalized spacial score (nSPS) is 18.4. The molecule has 7 nitrogen and oxygen atoms in total. The quantitative estimate of drug-likeness (QED) is 0.319.